The van der Waals surface area contributed by atoms with Crippen LogP contribution in [0.15, 0.2) is 58.8 Å². The van der Waals surface area contributed by atoms with Crippen molar-refractivity contribution in [3.63, 3.8) is 0 Å². The third-order valence-electron chi connectivity index (χ3n) is 2.49. The Bertz CT molecular complexity index is 547. The lowest BCUT2D eigenvalue weighted by atomic mass is 10.3. The van der Waals surface area contributed by atoms with Crippen LogP contribution in [0.25, 0.3) is 0 Å². The summed E-state index contributed by atoms with van der Waals surface area (Å²) < 4.78 is 0. The molecular formula is C14H14ClN3. The van der Waals surface area contributed by atoms with Gasteiger partial charge in [0.05, 0.1) is 10.7 Å². The Morgan fingerprint density at radius 2 is 1.56 bits per heavy atom. The van der Waals surface area contributed by atoms with Gasteiger partial charge in [-0.2, -0.15) is 5.11 Å². The quantitative estimate of drug-likeness (QED) is 0.726. The second-order valence-electron chi connectivity index (χ2n) is 4.06. The first-order valence-corrected chi connectivity index (χ1v) is 5.98. The summed E-state index contributed by atoms with van der Waals surface area (Å²) in [6.45, 7) is 0. The molecule has 2 aromatic carbocycles. The van der Waals surface area contributed by atoms with Crippen LogP contribution in [0.1, 0.15) is 0 Å². The maximum absolute atomic E-state index is 6.00. The van der Waals surface area contributed by atoms with Crippen molar-refractivity contribution < 1.29 is 0 Å². The molecule has 0 atom stereocenters. The molecule has 0 saturated carbocycles. The lowest BCUT2D eigenvalue weighted by Gasteiger charge is -2.11. The van der Waals surface area contributed by atoms with Gasteiger partial charge in [-0.15, -0.1) is 5.11 Å². The number of benzene rings is 2. The van der Waals surface area contributed by atoms with Crippen LogP contribution in [0, 0.1) is 0 Å². The van der Waals surface area contributed by atoms with E-state index in [2.05, 4.69) is 10.2 Å². The monoisotopic (exact) mass is 259 g/mol. The molecule has 0 aliphatic carbocycles. The average Bonchev–Trinajstić information content (AvgIpc) is 2.38. The molecule has 0 amide bonds. The Labute approximate surface area is 112 Å². The van der Waals surface area contributed by atoms with E-state index in [1.54, 1.807) is 6.07 Å². The minimum absolute atomic E-state index is 0.603. The Hall–Kier alpha value is -1.87. The van der Waals surface area contributed by atoms with Crippen LogP contribution in [0.5, 0.6) is 0 Å². The topological polar surface area (TPSA) is 28.0 Å². The maximum Gasteiger partial charge on any atom is 0.104 e. The van der Waals surface area contributed by atoms with Crippen LogP contribution in [-0.2, 0) is 0 Å². The van der Waals surface area contributed by atoms with E-state index in [0.717, 1.165) is 11.4 Å². The molecule has 0 bridgehead atoms. The molecule has 0 heterocycles. The van der Waals surface area contributed by atoms with Gasteiger partial charge in [0.15, 0.2) is 0 Å². The number of hydrogen-bond acceptors (Lipinski definition) is 3. The number of azo groups is 1. The van der Waals surface area contributed by atoms with Crippen LogP contribution in [-0.4, -0.2) is 14.1 Å². The van der Waals surface area contributed by atoms with Crippen molar-refractivity contribution in [3.05, 3.63) is 53.6 Å². The van der Waals surface area contributed by atoms with Crippen molar-refractivity contribution in [3.8, 4) is 0 Å². The van der Waals surface area contributed by atoms with E-state index in [9.17, 15) is 0 Å². The van der Waals surface area contributed by atoms with E-state index in [1.807, 2.05) is 61.5 Å². The van der Waals surface area contributed by atoms with Crippen molar-refractivity contribution in [2.24, 2.45) is 10.2 Å². The van der Waals surface area contributed by atoms with E-state index < -0.39 is 0 Å². The second kappa shape index (κ2) is 5.65. The first kappa shape index (κ1) is 12.6. The fourth-order valence-electron chi connectivity index (χ4n) is 1.46. The standard InChI is InChI=1S/C14H14ClN3/c1-18(2)12-9-7-11(8-10-12)16-17-14-6-4-3-5-13(14)15/h3-10H,1-2H3/b17-16+. The molecule has 18 heavy (non-hydrogen) atoms. The van der Waals surface area contributed by atoms with Gasteiger partial charge in [0.2, 0.25) is 0 Å². The molecule has 0 saturated heterocycles. The van der Waals surface area contributed by atoms with Gasteiger partial charge in [-0.3, -0.25) is 0 Å². The number of rotatable bonds is 3. The van der Waals surface area contributed by atoms with E-state index in [1.165, 1.54) is 0 Å². The number of hydrogen-bond donors (Lipinski definition) is 0. The molecule has 0 fully saturated rings. The summed E-state index contributed by atoms with van der Waals surface area (Å²) >= 11 is 6.00. The summed E-state index contributed by atoms with van der Waals surface area (Å²) in [6, 6.07) is 15.2. The highest BCUT2D eigenvalue weighted by Gasteiger charge is 1.97. The summed E-state index contributed by atoms with van der Waals surface area (Å²) in [5.74, 6) is 0. The maximum atomic E-state index is 6.00. The fraction of sp³-hybridized carbons (Fsp3) is 0.143. The van der Waals surface area contributed by atoms with Crippen LogP contribution in [0.3, 0.4) is 0 Å². The highest BCUT2D eigenvalue weighted by molar-refractivity contribution is 6.32. The predicted octanol–water partition coefficient (Wildman–Crippen LogP) is 4.82. The first-order chi connectivity index (χ1) is 8.66. The van der Waals surface area contributed by atoms with E-state index in [4.69, 9.17) is 11.6 Å². The van der Waals surface area contributed by atoms with E-state index >= 15 is 0 Å². The van der Waals surface area contributed by atoms with Gasteiger partial charge in [0.1, 0.15) is 5.69 Å². The zero-order valence-electron chi connectivity index (χ0n) is 10.3. The number of anilines is 1. The molecule has 2 aromatic rings. The van der Waals surface area contributed by atoms with Gasteiger partial charge in [-0.1, -0.05) is 23.7 Å². The zero-order valence-corrected chi connectivity index (χ0v) is 11.1. The molecular weight excluding hydrogens is 246 g/mol. The van der Waals surface area contributed by atoms with Crippen LogP contribution in [0.4, 0.5) is 17.1 Å². The molecule has 0 aliphatic heterocycles. The third-order valence-corrected chi connectivity index (χ3v) is 2.81. The number of nitrogens with zero attached hydrogens (tertiary/aromatic N) is 3. The van der Waals surface area contributed by atoms with Crippen molar-refractivity contribution in [2.75, 3.05) is 19.0 Å². The second-order valence-corrected chi connectivity index (χ2v) is 4.47. The van der Waals surface area contributed by atoms with Crippen molar-refractivity contribution >= 4 is 28.7 Å². The van der Waals surface area contributed by atoms with Crippen molar-refractivity contribution in [1.29, 1.82) is 0 Å². The fourth-order valence-corrected chi connectivity index (χ4v) is 1.64. The molecule has 0 unspecified atom stereocenters. The highest BCUT2D eigenvalue weighted by atomic mass is 35.5. The van der Waals surface area contributed by atoms with Gasteiger partial charge in [-0.25, -0.2) is 0 Å². The van der Waals surface area contributed by atoms with Gasteiger partial charge < -0.3 is 4.90 Å². The van der Waals surface area contributed by atoms with E-state index in [-0.39, 0.29) is 0 Å². The minimum atomic E-state index is 0.603. The molecule has 0 aromatic heterocycles. The highest BCUT2D eigenvalue weighted by Crippen LogP contribution is 2.26. The molecule has 2 rings (SSSR count). The van der Waals surface area contributed by atoms with Gasteiger partial charge in [-0.05, 0) is 36.4 Å². The Morgan fingerprint density at radius 1 is 0.889 bits per heavy atom. The van der Waals surface area contributed by atoms with Crippen molar-refractivity contribution in [2.45, 2.75) is 0 Å². The van der Waals surface area contributed by atoms with E-state index in [0.29, 0.717) is 10.7 Å². The molecule has 0 spiro atoms. The SMILES string of the molecule is CN(C)c1ccc(/N=N/c2ccccc2Cl)cc1. The molecule has 0 radical (unpaired) electrons. The van der Waals surface area contributed by atoms with Gasteiger partial charge in [0, 0.05) is 19.8 Å². The normalized spacial score (nSPS) is 10.8. The average molecular weight is 260 g/mol. The molecule has 92 valence electrons. The molecule has 0 N–H and O–H groups in total. The summed E-state index contributed by atoms with van der Waals surface area (Å²) in [7, 11) is 4.00. The van der Waals surface area contributed by atoms with Crippen LogP contribution >= 0.6 is 11.6 Å². The summed E-state index contributed by atoms with van der Waals surface area (Å²) in [4.78, 5) is 2.04. The van der Waals surface area contributed by atoms with Crippen LogP contribution in [0.2, 0.25) is 5.02 Å². The Morgan fingerprint density at radius 3 is 2.17 bits per heavy atom. The summed E-state index contributed by atoms with van der Waals surface area (Å²) in [5, 5.41) is 8.89. The lowest BCUT2D eigenvalue weighted by Crippen LogP contribution is -2.07. The molecule has 0 aliphatic rings. The predicted molar refractivity (Wildman–Crippen MR) is 76.4 cm³/mol. The minimum Gasteiger partial charge on any atom is -0.378 e. The summed E-state index contributed by atoms with van der Waals surface area (Å²) in [6.07, 6.45) is 0. The van der Waals surface area contributed by atoms with Gasteiger partial charge >= 0.3 is 0 Å². The summed E-state index contributed by atoms with van der Waals surface area (Å²) in [5.41, 5.74) is 2.61. The smallest absolute Gasteiger partial charge is 0.104 e. The van der Waals surface area contributed by atoms with Crippen molar-refractivity contribution in [1.82, 2.24) is 0 Å². The van der Waals surface area contributed by atoms with Gasteiger partial charge in [0.25, 0.3) is 0 Å². The molecule has 4 heteroatoms. The Balaban J connectivity index is 2.17. The zero-order chi connectivity index (χ0) is 13.0. The number of halogens is 1. The third kappa shape index (κ3) is 3.08. The lowest BCUT2D eigenvalue weighted by molar-refractivity contribution is 1.13. The van der Waals surface area contributed by atoms with Crippen LogP contribution < -0.4 is 4.90 Å². The molecule has 3 nitrogen and oxygen atoms in total. The largest absolute Gasteiger partial charge is 0.378 e. The first-order valence-electron chi connectivity index (χ1n) is 5.60. The Kier molecular flexibility index (Phi) is 3.95.